The number of rotatable bonds is 4. The zero-order valence-electron chi connectivity index (χ0n) is 21.5. The molecule has 37 heavy (non-hydrogen) atoms. The monoisotopic (exact) mass is 514 g/mol. The summed E-state index contributed by atoms with van der Waals surface area (Å²) >= 11 is 1.72. The van der Waals surface area contributed by atoms with E-state index in [0.717, 1.165) is 53.3 Å². The van der Waals surface area contributed by atoms with Gasteiger partial charge in [0.1, 0.15) is 6.04 Å². The van der Waals surface area contributed by atoms with E-state index >= 15 is 0 Å². The van der Waals surface area contributed by atoms with Crippen LogP contribution in [0.3, 0.4) is 0 Å². The maximum absolute atomic E-state index is 13.5. The number of H-pyrrole nitrogens is 1. The van der Waals surface area contributed by atoms with Gasteiger partial charge in [0, 0.05) is 37.3 Å². The van der Waals surface area contributed by atoms with Crippen molar-refractivity contribution in [3.05, 3.63) is 75.8 Å². The van der Waals surface area contributed by atoms with Crippen molar-refractivity contribution in [2.24, 2.45) is 0 Å². The molecule has 1 fully saturated rings. The standard InChI is InChI=1S/C27H30N8OS/c1-17-9-10-20-18(15-17)16-19(25(36)28-20)23(24-30-31-32-35(24)27(2,3)4)33-11-13-34(14-12-33)26-29-21-7-5-6-8-22(21)37-26/h5-10,15-16,23H,11-14H2,1-4H3,(H,28,36)/t23-/m0/s1. The van der Waals surface area contributed by atoms with Crippen LogP contribution in [0.25, 0.3) is 21.1 Å². The molecular formula is C27H30N8OS. The normalized spacial score (nSPS) is 16.1. The molecule has 0 bridgehead atoms. The van der Waals surface area contributed by atoms with Crippen LogP contribution in [0, 0.1) is 6.92 Å². The summed E-state index contributed by atoms with van der Waals surface area (Å²) in [6.45, 7) is 11.4. The lowest BCUT2D eigenvalue weighted by Gasteiger charge is -2.39. The third-order valence-electron chi connectivity index (χ3n) is 6.93. The summed E-state index contributed by atoms with van der Waals surface area (Å²) in [6, 6.07) is 15.9. The summed E-state index contributed by atoms with van der Waals surface area (Å²) in [5.41, 5.74) is 3.22. The van der Waals surface area contributed by atoms with Gasteiger partial charge in [-0.3, -0.25) is 9.69 Å². The Hall–Kier alpha value is -3.63. The number of benzene rings is 2. The Labute approximate surface area is 218 Å². The molecule has 1 atom stereocenters. The number of fused-ring (bicyclic) bond motifs is 2. The fourth-order valence-corrected chi connectivity index (χ4v) is 6.07. The minimum Gasteiger partial charge on any atom is -0.345 e. The van der Waals surface area contributed by atoms with Gasteiger partial charge in [-0.25, -0.2) is 9.67 Å². The van der Waals surface area contributed by atoms with Crippen LogP contribution in [0.2, 0.25) is 0 Å². The van der Waals surface area contributed by atoms with Crippen LogP contribution in [-0.4, -0.2) is 61.3 Å². The maximum atomic E-state index is 13.5. The van der Waals surface area contributed by atoms with Gasteiger partial charge in [0.15, 0.2) is 11.0 Å². The van der Waals surface area contributed by atoms with Crippen LogP contribution in [0.4, 0.5) is 5.13 Å². The van der Waals surface area contributed by atoms with E-state index in [1.54, 1.807) is 11.3 Å². The van der Waals surface area contributed by atoms with Gasteiger partial charge in [-0.05, 0) is 73.8 Å². The average molecular weight is 515 g/mol. The zero-order valence-corrected chi connectivity index (χ0v) is 22.3. The Morgan fingerprint density at radius 1 is 1.03 bits per heavy atom. The zero-order chi connectivity index (χ0) is 25.7. The molecule has 0 radical (unpaired) electrons. The molecule has 0 spiro atoms. The molecule has 1 N–H and O–H groups in total. The number of pyridine rings is 1. The van der Waals surface area contributed by atoms with Gasteiger partial charge in [-0.15, -0.1) is 5.10 Å². The van der Waals surface area contributed by atoms with Crippen molar-refractivity contribution in [3.63, 3.8) is 0 Å². The van der Waals surface area contributed by atoms with Crippen molar-refractivity contribution < 1.29 is 0 Å². The van der Waals surface area contributed by atoms with E-state index in [-0.39, 0.29) is 17.1 Å². The summed E-state index contributed by atoms with van der Waals surface area (Å²) in [7, 11) is 0. The summed E-state index contributed by atoms with van der Waals surface area (Å²) in [5, 5.41) is 14.9. The second-order valence-corrected chi connectivity index (χ2v) is 11.7. The smallest absolute Gasteiger partial charge is 0.253 e. The minimum atomic E-state index is -0.375. The van der Waals surface area contributed by atoms with Crippen molar-refractivity contribution in [3.8, 4) is 0 Å². The van der Waals surface area contributed by atoms with Crippen molar-refractivity contribution in [1.82, 2.24) is 35.1 Å². The topological polar surface area (TPSA) is 95.8 Å². The van der Waals surface area contributed by atoms with Gasteiger partial charge in [-0.1, -0.05) is 35.1 Å². The lowest BCUT2D eigenvalue weighted by molar-refractivity contribution is 0.190. The van der Waals surface area contributed by atoms with Gasteiger partial charge in [0.25, 0.3) is 5.56 Å². The van der Waals surface area contributed by atoms with Crippen molar-refractivity contribution in [2.75, 3.05) is 31.1 Å². The van der Waals surface area contributed by atoms with Gasteiger partial charge in [-0.2, -0.15) is 0 Å². The third-order valence-corrected chi connectivity index (χ3v) is 8.03. The van der Waals surface area contributed by atoms with E-state index < -0.39 is 0 Å². The molecule has 10 heteroatoms. The van der Waals surface area contributed by atoms with Crippen LogP contribution in [-0.2, 0) is 5.54 Å². The SMILES string of the molecule is Cc1ccc2[nH]c(=O)c([C@@H](c3nnnn3C(C)(C)C)N3CCN(c4nc5ccccc5s4)CC3)cc2c1. The summed E-state index contributed by atoms with van der Waals surface area (Å²) in [4.78, 5) is 26.1. The number of aromatic nitrogens is 6. The second kappa shape index (κ2) is 9.04. The molecule has 0 aliphatic carbocycles. The molecule has 0 saturated carbocycles. The van der Waals surface area contributed by atoms with Crippen molar-refractivity contribution >= 4 is 37.6 Å². The minimum absolute atomic E-state index is 0.113. The Morgan fingerprint density at radius 3 is 2.57 bits per heavy atom. The number of piperazine rings is 1. The number of aromatic amines is 1. The molecule has 6 rings (SSSR count). The molecular weight excluding hydrogens is 484 g/mol. The Bertz CT molecular complexity index is 1600. The number of hydrogen-bond acceptors (Lipinski definition) is 8. The highest BCUT2D eigenvalue weighted by atomic mass is 32.1. The van der Waals surface area contributed by atoms with Crippen LogP contribution >= 0.6 is 11.3 Å². The molecule has 5 aromatic rings. The van der Waals surface area contributed by atoms with E-state index in [1.807, 2.05) is 28.9 Å². The molecule has 2 aromatic carbocycles. The maximum Gasteiger partial charge on any atom is 0.253 e. The Kier molecular flexibility index (Phi) is 5.80. The number of nitrogens with zero attached hydrogens (tertiary/aromatic N) is 7. The quantitative estimate of drug-likeness (QED) is 0.386. The number of anilines is 1. The average Bonchev–Trinajstić information content (AvgIpc) is 3.53. The largest absolute Gasteiger partial charge is 0.345 e. The van der Waals surface area contributed by atoms with Gasteiger partial charge >= 0.3 is 0 Å². The molecule has 9 nitrogen and oxygen atoms in total. The molecule has 0 unspecified atom stereocenters. The van der Waals surface area contributed by atoms with Crippen LogP contribution in [0.1, 0.15) is 43.8 Å². The number of thiazole rings is 1. The molecule has 4 heterocycles. The third kappa shape index (κ3) is 4.40. The number of tetrazole rings is 1. The van der Waals surface area contributed by atoms with Crippen molar-refractivity contribution in [2.45, 2.75) is 39.3 Å². The Balaban J connectivity index is 1.38. The molecule has 3 aromatic heterocycles. The summed E-state index contributed by atoms with van der Waals surface area (Å²) in [6.07, 6.45) is 0. The number of aryl methyl sites for hydroxylation is 1. The van der Waals surface area contributed by atoms with E-state index in [0.29, 0.717) is 11.4 Å². The first-order valence-electron chi connectivity index (χ1n) is 12.5. The fourth-order valence-electron chi connectivity index (χ4n) is 5.05. The first-order chi connectivity index (χ1) is 17.8. The van der Waals surface area contributed by atoms with Crippen LogP contribution < -0.4 is 10.5 Å². The van der Waals surface area contributed by atoms with E-state index in [9.17, 15) is 4.79 Å². The lowest BCUT2D eigenvalue weighted by Crippen LogP contribution is -2.49. The van der Waals surface area contributed by atoms with Gasteiger partial charge in [0.05, 0.1) is 15.8 Å². The molecule has 0 amide bonds. The molecule has 1 aliphatic heterocycles. The molecule has 1 aliphatic rings. The highest BCUT2D eigenvalue weighted by Gasteiger charge is 2.35. The first kappa shape index (κ1) is 23.7. The summed E-state index contributed by atoms with van der Waals surface area (Å²) in [5.74, 6) is 0.679. The first-order valence-corrected chi connectivity index (χ1v) is 13.4. The van der Waals surface area contributed by atoms with Crippen molar-refractivity contribution in [1.29, 1.82) is 0 Å². The number of para-hydroxylation sites is 1. The highest BCUT2D eigenvalue weighted by molar-refractivity contribution is 7.22. The van der Waals surface area contributed by atoms with Gasteiger partial charge < -0.3 is 9.88 Å². The van der Waals surface area contributed by atoms with E-state index in [4.69, 9.17) is 4.98 Å². The molecule has 1 saturated heterocycles. The number of hydrogen-bond donors (Lipinski definition) is 1. The second-order valence-electron chi connectivity index (χ2n) is 10.7. The fraction of sp³-hybridized carbons (Fsp3) is 0.370. The van der Waals surface area contributed by atoms with Gasteiger partial charge in [0.2, 0.25) is 0 Å². The predicted molar refractivity (Wildman–Crippen MR) is 147 cm³/mol. The van der Waals surface area contributed by atoms with E-state index in [2.05, 4.69) is 82.3 Å². The highest BCUT2D eigenvalue weighted by Crippen LogP contribution is 2.33. The molecule has 190 valence electrons. The van der Waals surface area contributed by atoms with Crippen LogP contribution in [0.15, 0.2) is 53.3 Å². The van der Waals surface area contributed by atoms with E-state index in [1.165, 1.54) is 4.70 Å². The Morgan fingerprint density at radius 2 is 1.81 bits per heavy atom. The lowest BCUT2D eigenvalue weighted by atomic mass is 10.0. The predicted octanol–water partition coefficient (Wildman–Crippen LogP) is 4.10. The summed E-state index contributed by atoms with van der Waals surface area (Å²) < 4.78 is 3.04. The number of nitrogens with one attached hydrogen (secondary N) is 1. The van der Waals surface area contributed by atoms with Crippen LogP contribution in [0.5, 0.6) is 0 Å².